The zero-order valence-corrected chi connectivity index (χ0v) is 15.8. The van der Waals surface area contributed by atoms with Crippen LogP contribution in [0, 0.1) is 13.8 Å². The number of rotatable bonds is 6. The number of nitrogens with zero attached hydrogens (tertiary/aromatic N) is 4. The van der Waals surface area contributed by atoms with Crippen LogP contribution in [0.5, 0.6) is 0 Å². The van der Waals surface area contributed by atoms with Gasteiger partial charge in [0, 0.05) is 49.3 Å². The molecule has 0 atom stereocenters. The summed E-state index contributed by atoms with van der Waals surface area (Å²) in [6.45, 7) is 12.7. The number of hydrogen-bond acceptors (Lipinski definition) is 5. The summed E-state index contributed by atoms with van der Waals surface area (Å²) in [5.41, 5.74) is 4.59. The van der Waals surface area contributed by atoms with Crippen LogP contribution in [0.2, 0.25) is 0 Å². The quantitative estimate of drug-likeness (QED) is 0.851. The van der Waals surface area contributed by atoms with Crippen LogP contribution in [-0.2, 0) is 0 Å². The minimum absolute atomic E-state index is 0.845. The molecule has 1 fully saturated rings. The highest BCUT2D eigenvalue weighted by molar-refractivity contribution is 5.66. The maximum atomic E-state index is 4.74. The molecule has 0 radical (unpaired) electrons. The van der Waals surface area contributed by atoms with Crippen molar-refractivity contribution in [1.29, 1.82) is 0 Å². The molecule has 0 saturated carbocycles. The zero-order valence-electron chi connectivity index (χ0n) is 15.8. The summed E-state index contributed by atoms with van der Waals surface area (Å²) >= 11 is 0. The lowest BCUT2D eigenvalue weighted by atomic mass is 10.1. The molecule has 5 heteroatoms. The van der Waals surface area contributed by atoms with Crippen molar-refractivity contribution in [2.45, 2.75) is 40.5 Å². The number of nitrogens with one attached hydrogen (secondary N) is 1. The molecule has 0 unspecified atom stereocenters. The van der Waals surface area contributed by atoms with Gasteiger partial charge in [0.1, 0.15) is 5.82 Å². The lowest BCUT2D eigenvalue weighted by Crippen LogP contribution is -2.22. The van der Waals surface area contributed by atoms with E-state index < -0.39 is 0 Å². The van der Waals surface area contributed by atoms with E-state index in [2.05, 4.69) is 59.1 Å². The summed E-state index contributed by atoms with van der Waals surface area (Å²) in [5, 5.41) is 3.48. The molecular weight excluding hydrogens is 310 g/mol. The number of benzene rings is 1. The summed E-state index contributed by atoms with van der Waals surface area (Å²) in [6, 6.07) is 8.58. The molecule has 5 nitrogen and oxygen atoms in total. The highest BCUT2D eigenvalue weighted by atomic mass is 15.3. The molecule has 0 aliphatic carbocycles. The van der Waals surface area contributed by atoms with Crippen molar-refractivity contribution < 1.29 is 0 Å². The van der Waals surface area contributed by atoms with Crippen LogP contribution in [0.1, 0.15) is 37.9 Å². The topological polar surface area (TPSA) is 44.3 Å². The maximum absolute atomic E-state index is 4.74. The SMILES string of the molecule is CCN(CC)c1ccc(Nc2cc(C)nc(N3CCCC3)n2)c(C)c1. The summed E-state index contributed by atoms with van der Waals surface area (Å²) in [7, 11) is 0. The monoisotopic (exact) mass is 339 g/mol. The Kier molecular flexibility index (Phi) is 5.41. The number of hydrogen-bond donors (Lipinski definition) is 1. The smallest absolute Gasteiger partial charge is 0.227 e. The molecular formula is C20H29N5. The zero-order chi connectivity index (χ0) is 17.8. The first-order valence-electron chi connectivity index (χ1n) is 9.34. The maximum Gasteiger partial charge on any atom is 0.227 e. The predicted molar refractivity (Wildman–Crippen MR) is 106 cm³/mol. The normalized spacial score (nSPS) is 14.0. The fraction of sp³-hybridized carbons (Fsp3) is 0.500. The molecule has 0 amide bonds. The number of anilines is 4. The second kappa shape index (κ2) is 7.72. The molecule has 2 heterocycles. The molecule has 1 aromatic carbocycles. The van der Waals surface area contributed by atoms with E-state index in [0.717, 1.165) is 49.3 Å². The third-order valence-electron chi connectivity index (χ3n) is 4.83. The van der Waals surface area contributed by atoms with Crippen molar-refractivity contribution >= 4 is 23.1 Å². The summed E-state index contributed by atoms with van der Waals surface area (Å²) < 4.78 is 0. The first kappa shape index (κ1) is 17.5. The van der Waals surface area contributed by atoms with Gasteiger partial charge in [-0.2, -0.15) is 4.98 Å². The Morgan fingerprint density at radius 3 is 2.40 bits per heavy atom. The molecule has 1 aliphatic rings. The van der Waals surface area contributed by atoms with Gasteiger partial charge >= 0.3 is 0 Å². The van der Waals surface area contributed by atoms with Crippen molar-refractivity contribution in [3.05, 3.63) is 35.5 Å². The molecule has 1 aliphatic heterocycles. The van der Waals surface area contributed by atoms with E-state index in [4.69, 9.17) is 4.98 Å². The van der Waals surface area contributed by atoms with Gasteiger partial charge in [-0.25, -0.2) is 4.98 Å². The second-order valence-electron chi connectivity index (χ2n) is 6.69. The van der Waals surface area contributed by atoms with Gasteiger partial charge in [-0.3, -0.25) is 0 Å². The van der Waals surface area contributed by atoms with Crippen LogP contribution in [0.25, 0.3) is 0 Å². The molecule has 0 bridgehead atoms. The fourth-order valence-corrected chi connectivity index (χ4v) is 3.39. The molecule has 134 valence electrons. The minimum Gasteiger partial charge on any atom is -0.372 e. The third-order valence-corrected chi connectivity index (χ3v) is 4.83. The van der Waals surface area contributed by atoms with Crippen molar-refractivity contribution in [3.63, 3.8) is 0 Å². The van der Waals surface area contributed by atoms with Crippen LogP contribution in [0.4, 0.5) is 23.1 Å². The van der Waals surface area contributed by atoms with E-state index in [1.54, 1.807) is 0 Å². The van der Waals surface area contributed by atoms with Crippen LogP contribution in [0.3, 0.4) is 0 Å². The van der Waals surface area contributed by atoms with Gasteiger partial charge in [0.15, 0.2) is 0 Å². The van der Waals surface area contributed by atoms with Gasteiger partial charge in [-0.15, -0.1) is 0 Å². The van der Waals surface area contributed by atoms with Gasteiger partial charge in [0.05, 0.1) is 0 Å². The van der Waals surface area contributed by atoms with E-state index in [-0.39, 0.29) is 0 Å². The first-order chi connectivity index (χ1) is 12.1. The average Bonchev–Trinajstić information content (AvgIpc) is 3.12. The summed E-state index contributed by atoms with van der Waals surface area (Å²) in [6.07, 6.45) is 2.46. The van der Waals surface area contributed by atoms with Crippen LogP contribution >= 0.6 is 0 Å². The van der Waals surface area contributed by atoms with Gasteiger partial charge in [0.2, 0.25) is 5.95 Å². The molecule has 3 rings (SSSR count). The van der Waals surface area contributed by atoms with E-state index >= 15 is 0 Å². The lowest BCUT2D eigenvalue weighted by Gasteiger charge is -2.22. The van der Waals surface area contributed by atoms with E-state index in [1.165, 1.54) is 24.1 Å². The van der Waals surface area contributed by atoms with Gasteiger partial charge in [-0.1, -0.05) is 0 Å². The summed E-state index contributed by atoms with van der Waals surface area (Å²) in [4.78, 5) is 14.0. The Hall–Kier alpha value is -2.30. The Morgan fingerprint density at radius 1 is 1.04 bits per heavy atom. The molecule has 1 aromatic heterocycles. The van der Waals surface area contributed by atoms with Gasteiger partial charge in [-0.05, 0) is 64.3 Å². The van der Waals surface area contributed by atoms with Crippen molar-refractivity contribution in [2.75, 3.05) is 41.3 Å². The van der Waals surface area contributed by atoms with Gasteiger partial charge in [0.25, 0.3) is 0 Å². The molecule has 25 heavy (non-hydrogen) atoms. The van der Waals surface area contributed by atoms with Crippen LogP contribution in [0.15, 0.2) is 24.3 Å². The minimum atomic E-state index is 0.845. The Labute approximate surface area is 151 Å². The molecule has 1 N–H and O–H groups in total. The molecule has 0 spiro atoms. The van der Waals surface area contributed by atoms with Crippen molar-refractivity contribution in [3.8, 4) is 0 Å². The van der Waals surface area contributed by atoms with Crippen molar-refractivity contribution in [2.24, 2.45) is 0 Å². The molecule has 1 saturated heterocycles. The summed E-state index contributed by atoms with van der Waals surface area (Å²) in [5.74, 6) is 1.71. The number of aromatic nitrogens is 2. The highest BCUT2D eigenvalue weighted by Gasteiger charge is 2.16. The largest absolute Gasteiger partial charge is 0.372 e. The number of aryl methyl sites for hydroxylation is 2. The van der Waals surface area contributed by atoms with E-state index in [9.17, 15) is 0 Å². The van der Waals surface area contributed by atoms with E-state index in [0.29, 0.717) is 0 Å². The molecule has 2 aromatic rings. The third kappa shape index (κ3) is 4.03. The van der Waals surface area contributed by atoms with E-state index in [1.807, 2.05) is 13.0 Å². The van der Waals surface area contributed by atoms with Gasteiger partial charge < -0.3 is 15.1 Å². The lowest BCUT2D eigenvalue weighted by molar-refractivity contribution is 0.865. The highest BCUT2D eigenvalue weighted by Crippen LogP contribution is 2.26. The fourth-order valence-electron chi connectivity index (χ4n) is 3.39. The standard InChI is InChI=1S/C20H29N5/c1-5-24(6-2)17-9-10-18(15(3)13-17)22-19-14-16(4)21-20(23-19)25-11-7-8-12-25/h9-10,13-14H,5-8,11-12H2,1-4H3,(H,21,22,23). The predicted octanol–water partition coefficient (Wildman–Crippen LogP) is 4.28. The van der Waals surface area contributed by atoms with Crippen molar-refractivity contribution in [1.82, 2.24) is 9.97 Å². The Balaban J connectivity index is 1.82. The Morgan fingerprint density at radius 2 is 1.76 bits per heavy atom. The average molecular weight is 339 g/mol. The van der Waals surface area contributed by atoms with Crippen LogP contribution in [-0.4, -0.2) is 36.1 Å². The Bertz CT molecular complexity index is 718. The van der Waals surface area contributed by atoms with Crippen LogP contribution < -0.4 is 15.1 Å². The first-order valence-corrected chi connectivity index (χ1v) is 9.34. The second-order valence-corrected chi connectivity index (χ2v) is 6.69.